The normalized spacial score (nSPS) is 31.0. The first-order valence-corrected chi connectivity index (χ1v) is 5.10. The molecule has 0 radical (unpaired) electrons. The van der Waals surface area contributed by atoms with Crippen LogP contribution in [0.25, 0.3) is 0 Å². The maximum absolute atomic E-state index is 3.57. The number of nitrogens with zero attached hydrogens (tertiary/aromatic N) is 1. The minimum Gasteiger partial charge on any atom is -0.313 e. The van der Waals surface area contributed by atoms with E-state index in [2.05, 4.69) is 31.2 Å². The van der Waals surface area contributed by atoms with E-state index in [1.165, 1.54) is 32.4 Å². The van der Waals surface area contributed by atoms with Crippen LogP contribution in [0, 0.1) is 5.92 Å². The van der Waals surface area contributed by atoms with Crippen LogP contribution in [0.2, 0.25) is 0 Å². The summed E-state index contributed by atoms with van der Waals surface area (Å²) >= 11 is 0. The summed E-state index contributed by atoms with van der Waals surface area (Å²) in [5, 5.41) is 3.57. The summed E-state index contributed by atoms with van der Waals surface area (Å²) < 4.78 is 0. The number of hydrogen-bond donors (Lipinski definition) is 1. The van der Waals surface area contributed by atoms with Crippen LogP contribution in [-0.2, 0) is 0 Å². The van der Waals surface area contributed by atoms with E-state index in [0.717, 1.165) is 12.0 Å². The van der Waals surface area contributed by atoms with Crippen molar-refractivity contribution in [3.05, 3.63) is 0 Å². The highest BCUT2D eigenvalue weighted by atomic mass is 15.1. The van der Waals surface area contributed by atoms with Gasteiger partial charge in [0.25, 0.3) is 0 Å². The largest absolute Gasteiger partial charge is 0.313 e. The van der Waals surface area contributed by atoms with Crippen molar-refractivity contribution in [3.8, 4) is 0 Å². The van der Waals surface area contributed by atoms with Gasteiger partial charge in [0.1, 0.15) is 0 Å². The van der Waals surface area contributed by atoms with Gasteiger partial charge in [-0.25, -0.2) is 0 Å². The fourth-order valence-electron chi connectivity index (χ4n) is 2.05. The standard InChI is InChI=1S/C10H22N2/c1-4-9-5-6-11-10(7-9)8-12(2)3/h9-11H,4-8H2,1-3H3. The predicted octanol–water partition coefficient (Wildman–Crippen LogP) is 1.33. The lowest BCUT2D eigenvalue weighted by atomic mass is 9.90. The van der Waals surface area contributed by atoms with Gasteiger partial charge in [-0.05, 0) is 39.4 Å². The Morgan fingerprint density at radius 2 is 2.17 bits per heavy atom. The second-order valence-electron chi connectivity index (χ2n) is 4.21. The third-order valence-corrected chi connectivity index (χ3v) is 2.77. The first kappa shape index (κ1) is 10.0. The number of piperidine rings is 1. The fourth-order valence-corrected chi connectivity index (χ4v) is 2.05. The second-order valence-corrected chi connectivity index (χ2v) is 4.21. The van der Waals surface area contributed by atoms with Crippen LogP contribution in [0.5, 0.6) is 0 Å². The predicted molar refractivity (Wildman–Crippen MR) is 53.4 cm³/mol. The van der Waals surface area contributed by atoms with Crippen molar-refractivity contribution in [2.24, 2.45) is 5.92 Å². The van der Waals surface area contributed by atoms with E-state index in [9.17, 15) is 0 Å². The van der Waals surface area contributed by atoms with Crippen LogP contribution >= 0.6 is 0 Å². The molecule has 2 heteroatoms. The Hall–Kier alpha value is -0.0800. The molecule has 0 spiro atoms. The minimum absolute atomic E-state index is 0.735. The lowest BCUT2D eigenvalue weighted by molar-refractivity contribution is 0.245. The molecule has 1 saturated heterocycles. The molecule has 1 heterocycles. The molecule has 0 amide bonds. The Balaban J connectivity index is 2.25. The zero-order chi connectivity index (χ0) is 8.97. The summed E-state index contributed by atoms with van der Waals surface area (Å²) in [5.41, 5.74) is 0. The van der Waals surface area contributed by atoms with Crippen LogP contribution in [0.15, 0.2) is 0 Å². The van der Waals surface area contributed by atoms with E-state index in [0.29, 0.717) is 0 Å². The Bertz CT molecular complexity index is 123. The van der Waals surface area contributed by atoms with Gasteiger partial charge >= 0.3 is 0 Å². The van der Waals surface area contributed by atoms with Crippen LogP contribution in [0.1, 0.15) is 26.2 Å². The maximum atomic E-state index is 3.57. The molecular formula is C10H22N2. The number of nitrogens with one attached hydrogen (secondary N) is 1. The molecule has 1 N–H and O–H groups in total. The van der Waals surface area contributed by atoms with E-state index in [4.69, 9.17) is 0 Å². The van der Waals surface area contributed by atoms with Gasteiger partial charge in [-0.15, -0.1) is 0 Å². The van der Waals surface area contributed by atoms with Gasteiger partial charge in [0.05, 0.1) is 0 Å². The molecule has 1 fully saturated rings. The Labute approximate surface area is 76.3 Å². The van der Waals surface area contributed by atoms with Crippen molar-refractivity contribution in [1.29, 1.82) is 0 Å². The Morgan fingerprint density at radius 1 is 1.42 bits per heavy atom. The SMILES string of the molecule is CCC1CCNC(CN(C)C)C1. The molecule has 2 nitrogen and oxygen atoms in total. The molecule has 1 aliphatic heterocycles. The molecule has 0 aromatic rings. The zero-order valence-electron chi connectivity index (χ0n) is 8.64. The van der Waals surface area contributed by atoms with Gasteiger partial charge in [-0.2, -0.15) is 0 Å². The highest BCUT2D eigenvalue weighted by molar-refractivity contribution is 4.79. The highest BCUT2D eigenvalue weighted by Crippen LogP contribution is 2.19. The molecule has 2 atom stereocenters. The van der Waals surface area contributed by atoms with Crippen LogP contribution in [0.3, 0.4) is 0 Å². The van der Waals surface area contributed by atoms with E-state index < -0.39 is 0 Å². The molecule has 1 rings (SSSR count). The Morgan fingerprint density at radius 3 is 2.75 bits per heavy atom. The average Bonchev–Trinajstić information content (AvgIpc) is 2.03. The Kier molecular flexibility index (Phi) is 4.02. The summed E-state index contributed by atoms with van der Waals surface area (Å²) in [4.78, 5) is 2.27. The van der Waals surface area contributed by atoms with Gasteiger partial charge in [-0.3, -0.25) is 0 Å². The molecule has 2 unspecified atom stereocenters. The average molecular weight is 170 g/mol. The lowest BCUT2D eigenvalue weighted by Gasteiger charge is -2.31. The van der Waals surface area contributed by atoms with E-state index in [1.807, 2.05) is 0 Å². The van der Waals surface area contributed by atoms with Crippen molar-refractivity contribution in [2.75, 3.05) is 27.2 Å². The molecule has 1 aliphatic rings. The third-order valence-electron chi connectivity index (χ3n) is 2.77. The quantitative estimate of drug-likeness (QED) is 0.687. The first-order valence-electron chi connectivity index (χ1n) is 5.10. The fraction of sp³-hybridized carbons (Fsp3) is 1.00. The molecule has 0 aromatic heterocycles. The summed E-state index contributed by atoms with van der Waals surface area (Å²) in [5.74, 6) is 0.969. The van der Waals surface area contributed by atoms with Crippen molar-refractivity contribution < 1.29 is 0 Å². The van der Waals surface area contributed by atoms with Gasteiger partial charge < -0.3 is 10.2 Å². The van der Waals surface area contributed by atoms with Crippen molar-refractivity contribution in [3.63, 3.8) is 0 Å². The number of rotatable bonds is 3. The topological polar surface area (TPSA) is 15.3 Å². The van der Waals surface area contributed by atoms with E-state index in [1.54, 1.807) is 0 Å². The van der Waals surface area contributed by atoms with Gasteiger partial charge in [-0.1, -0.05) is 13.3 Å². The minimum atomic E-state index is 0.735. The smallest absolute Gasteiger partial charge is 0.0197 e. The lowest BCUT2D eigenvalue weighted by Crippen LogP contribution is -2.44. The summed E-state index contributed by atoms with van der Waals surface area (Å²) in [6.45, 7) is 4.72. The van der Waals surface area contributed by atoms with Crippen LogP contribution in [-0.4, -0.2) is 38.1 Å². The first-order chi connectivity index (χ1) is 5.72. The van der Waals surface area contributed by atoms with Crippen LogP contribution < -0.4 is 5.32 Å². The van der Waals surface area contributed by atoms with Crippen molar-refractivity contribution >= 4 is 0 Å². The molecule has 0 bridgehead atoms. The molecule has 0 aromatic carbocycles. The summed E-state index contributed by atoms with van der Waals surface area (Å²) in [6.07, 6.45) is 4.10. The second kappa shape index (κ2) is 4.83. The third kappa shape index (κ3) is 3.11. The number of likely N-dealkylation sites (N-methyl/N-ethyl adjacent to an activating group) is 1. The summed E-state index contributed by atoms with van der Waals surface area (Å²) in [7, 11) is 4.30. The molecule has 0 saturated carbocycles. The van der Waals surface area contributed by atoms with Gasteiger partial charge in [0.15, 0.2) is 0 Å². The maximum Gasteiger partial charge on any atom is 0.0197 e. The van der Waals surface area contributed by atoms with Gasteiger partial charge in [0.2, 0.25) is 0 Å². The monoisotopic (exact) mass is 170 g/mol. The number of hydrogen-bond acceptors (Lipinski definition) is 2. The molecule has 72 valence electrons. The summed E-state index contributed by atoms with van der Waals surface area (Å²) in [6, 6.07) is 0.735. The van der Waals surface area contributed by atoms with Crippen molar-refractivity contribution in [2.45, 2.75) is 32.2 Å². The zero-order valence-corrected chi connectivity index (χ0v) is 8.64. The van der Waals surface area contributed by atoms with Crippen LogP contribution in [0.4, 0.5) is 0 Å². The van der Waals surface area contributed by atoms with E-state index >= 15 is 0 Å². The van der Waals surface area contributed by atoms with Crippen molar-refractivity contribution in [1.82, 2.24) is 10.2 Å². The molecular weight excluding hydrogens is 148 g/mol. The van der Waals surface area contributed by atoms with E-state index in [-0.39, 0.29) is 0 Å². The molecule has 0 aliphatic carbocycles. The van der Waals surface area contributed by atoms with Gasteiger partial charge in [0, 0.05) is 12.6 Å². The highest BCUT2D eigenvalue weighted by Gasteiger charge is 2.19. The molecule has 12 heavy (non-hydrogen) atoms.